The van der Waals surface area contributed by atoms with E-state index >= 15 is 0 Å². The number of methoxy groups -OCH3 is 1. The first-order valence-corrected chi connectivity index (χ1v) is 16.3. The Kier molecular flexibility index (Phi) is 7.54. The zero-order chi connectivity index (χ0) is 32.8. The van der Waals surface area contributed by atoms with Crippen molar-refractivity contribution in [3.05, 3.63) is 39.4 Å². The number of carbonyl (C=O) groups is 3. The van der Waals surface area contributed by atoms with E-state index in [1.807, 2.05) is 24.9 Å². The molecule has 7 atom stereocenters. The summed E-state index contributed by atoms with van der Waals surface area (Å²) in [5, 5.41) is 26.2. The highest BCUT2D eigenvalue weighted by molar-refractivity contribution is 7.99. The molecule has 246 valence electrons. The molecule has 1 amide bonds. The average Bonchev–Trinajstić information content (AvgIpc) is 3.48. The Morgan fingerprint density at radius 1 is 1.09 bits per heavy atom. The van der Waals surface area contributed by atoms with Gasteiger partial charge in [0.1, 0.15) is 24.6 Å². The second-order valence-electron chi connectivity index (χ2n) is 12.5. The van der Waals surface area contributed by atoms with Gasteiger partial charge in [0.25, 0.3) is 0 Å². The van der Waals surface area contributed by atoms with E-state index in [1.165, 1.54) is 32.7 Å². The lowest BCUT2D eigenvalue weighted by atomic mass is 9.73. The fraction of sp³-hybridized carbons (Fsp3) is 0.531. The van der Waals surface area contributed by atoms with Gasteiger partial charge in [-0.05, 0) is 38.4 Å². The molecule has 46 heavy (non-hydrogen) atoms. The normalized spacial score (nSPS) is 29.6. The molecule has 4 bridgehead atoms. The van der Waals surface area contributed by atoms with Crippen LogP contribution in [0.1, 0.15) is 64.6 Å². The van der Waals surface area contributed by atoms with Crippen molar-refractivity contribution in [1.82, 2.24) is 15.1 Å². The van der Waals surface area contributed by atoms with Crippen LogP contribution in [0, 0.1) is 13.8 Å². The minimum Gasteiger partial charge on any atom is -0.504 e. The zero-order valence-corrected chi connectivity index (χ0v) is 27.2. The molecule has 7 rings (SSSR count). The quantitative estimate of drug-likeness (QED) is 0.327. The summed E-state index contributed by atoms with van der Waals surface area (Å²) < 4.78 is 29.4. The van der Waals surface area contributed by atoms with Crippen molar-refractivity contribution in [2.45, 2.75) is 75.8 Å². The van der Waals surface area contributed by atoms with Crippen molar-refractivity contribution < 1.29 is 48.3 Å². The Morgan fingerprint density at radius 3 is 2.52 bits per heavy atom. The number of thioether (sulfide) groups is 1. The number of cyclic esters (lactones) is 1. The van der Waals surface area contributed by atoms with Gasteiger partial charge in [0.2, 0.25) is 12.7 Å². The molecular weight excluding hydrogens is 618 g/mol. The van der Waals surface area contributed by atoms with Crippen molar-refractivity contribution in [1.29, 1.82) is 0 Å². The third-order valence-corrected chi connectivity index (χ3v) is 11.3. The monoisotopic (exact) mass is 655 g/mol. The third kappa shape index (κ3) is 4.44. The van der Waals surface area contributed by atoms with Crippen LogP contribution in [0.4, 0.5) is 0 Å². The first-order valence-electron chi connectivity index (χ1n) is 15.2. The number of aliphatic hydroxyl groups excluding tert-OH is 1. The Hall–Kier alpha value is -3.72. The van der Waals surface area contributed by atoms with E-state index in [9.17, 15) is 24.6 Å². The van der Waals surface area contributed by atoms with E-state index in [4.69, 9.17) is 23.7 Å². The second kappa shape index (κ2) is 11.2. The molecule has 0 saturated carbocycles. The number of esters is 2. The van der Waals surface area contributed by atoms with Crippen LogP contribution in [0.3, 0.4) is 0 Å². The van der Waals surface area contributed by atoms with Gasteiger partial charge < -0.3 is 39.2 Å². The average molecular weight is 656 g/mol. The predicted octanol–water partition coefficient (Wildman–Crippen LogP) is 2.16. The topological polar surface area (TPSA) is 156 Å². The van der Waals surface area contributed by atoms with Crippen LogP contribution in [0.15, 0.2) is 6.07 Å². The van der Waals surface area contributed by atoms with Crippen LogP contribution in [0.5, 0.6) is 28.7 Å². The van der Waals surface area contributed by atoms with Crippen molar-refractivity contribution >= 4 is 29.6 Å². The number of aliphatic hydroxyl groups is 1. The Bertz CT molecular complexity index is 1670. The van der Waals surface area contributed by atoms with Gasteiger partial charge in [-0.1, -0.05) is 6.07 Å². The largest absolute Gasteiger partial charge is 0.504 e. The highest BCUT2D eigenvalue weighted by Gasteiger charge is 2.60. The Balaban J connectivity index is 1.52. The second-order valence-corrected chi connectivity index (χ2v) is 13.6. The maximum absolute atomic E-state index is 13.3. The number of ether oxygens (including phenoxy) is 5. The highest BCUT2D eigenvalue weighted by Crippen LogP contribution is 2.63. The Morgan fingerprint density at radius 2 is 1.83 bits per heavy atom. The molecule has 2 aromatic rings. The molecule has 2 fully saturated rings. The fourth-order valence-corrected chi connectivity index (χ4v) is 9.63. The summed E-state index contributed by atoms with van der Waals surface area (Å²) >= 11 is 1.38. The highest BCUT2D eigenvalue weighted by atomic mass is 32.2. The lowest BCUT2D eigenvalue weighted by molar-refractivity contribution is -0.184. The SMILES string of the molecule is COc1c(C)cc2c(c1O)[C@@H]1[C@@H]3[C@@H]4SC[C@@H](NC(C)=O)C(=O)OC[C@@H](c5c6c(c(C)c(OC(C)=O)c54)OCO6)N3[C@@H](O)[C@H](C2)N1C. The third-order valence-electron chi connectivity index (χ3n) is 9.87. The van der Waals surface area contributed by atoms with Crippen LogP contribution in [0.2, 0.25) is 0 Å². The van der Waals surface area contributed by atoms with E-state index in [1.54, 1.807) is 6.92 Å². The number of nitrogens with zero attached hydrogens (tertiary/aromatic N) is 2. The fourth-order valence-electron chi connectivity index (χ4n) is 8.12. The van der Waals surface area contributed by atoms with Gasteiger partial charge in [-0.2, -0.15) is 0 Å². The van der Waals surface area contributed by atoms with Crippen molar-refractivity contribution in [2.75, 3.05) is 33.3 Å². The molecule has 2 aromatic carbocycles. The summed E-state index contributed by atoms with van der Waals surface area (Å²) in [6.45, 7) is 6.10. The number of likely N-dealkylation sites (N-methyl/N-ethyl adjacent to an activating group) is 1. The van der Waals surface area contributed by atoms with Crippen LogP contribution in [0.25, 0.3) is 0 Å². The molecule has 5 aliphatic heterocycles. The van der Waals surface area contributed by atoms with E-state index < -0.39 is 47.6 Å². The van der Waals surface area contributed by atoms with E-state index in [0.717, 1.165) is 11.1 Å². The number of fused-ring (bicyclic) bond motifs is 9. The number of benzene rings is 2. The lowest BCUT2D eigenvalue weighted by Gasteiger charge is -2.62. The van der Waals surface area contributed by atoms with Crippen LogP contribution < -0.4 is 24.3 Å². The van der Waals surface area contributed by atoms with Gasteiger partial charge in [-0.25, -0.2) is 4.79 Å². The number of piperazine rings is 1. The maximum Gasteiger partial charge on any atom is 0.329 e. The number of nitrogens with one attached hydrogen (secondary N) is 1. The summed E-state index contributed by atoms with van der Waals surface area (Å²) in [4.78, 5) is 42.1. The van der Waals surface area contributed by atoms with Crippen molar-refractivity contribution in [2.24, 2.45) is 0 Å². The number of phenols is 1. The molecule has 5 heterocycles. The Labute approximate surface area is 270 Å². The number of rotatable bonds is 3. The summed E-state index contributed by atoms with van der Waals surface area (Å²) in [6.07, 6.45) is -0.567. The minimum atomic E-state index is -1.02. The number of amides is 1. The number of aromatic hydroxyl groups is 1. The predicted molar refractivity (Wildman–Crippen MR) is 164 cm³/mol. The van der Waals surface area contributed by atoms with Crippen LogP contribution >= 0.6 is 11.8 Å². The van der Waals surface area contributed by atoms with Gasteiger partial charge in [-0.3, -0.25) is 19.4 Å². The number of carbonyl (C=O) groups excluding carboxylic acids is 3. The number of phenolic OH excluding ortho intramolecular Hbond substituents is 1. The molecular formula is C32H37N3O10S. The maximum atomic E-state index is 13.3. The van der Waals surface area contributed by atoms with E-state index in [2.05, 4.69) is 10.2 Å². The first kappa shape index (κ1) is 30.9. The number of hydrogen-bond donors (Lipinski definition) is 3. The van der Waals surface area contributed by atoms with Gasteiger partial charge >= 0.3 is 11.9 Å². The van der Waals surface area contributed by atoms with Crippen molar-refractivity contribution in [3.63, 3.8) is 0 Å². The molecule has 0 unspecified atom stereocenters. The number of aryl methyl sites for hydroxylation is 1. The minimum absolute atomic E-state index is 0.0342. The molecule has 0 radical (unpaired) electrons. The summed E-state index contributed by atoms with van der Waals surface area (Å²) in [5.41, 5.74) is 4.24. The standard InChI is InChI=1S/C32H37N3O10S/c1-12-7-16-8-18-31(39)35-19-9-42-32(40)17(33-14(3)36)10-46-30(24(35)23(34(18)5)20(16)25(38)26(12)41-6)22-21(19)29-28(43-11-44-29)13(2)27(22)45-15(4)37/h7,17-19,23-24,30-31,38-39H,8-11H2,1-6H3,(H,33,36)/t17-,18+,19+,23-,24-,30-,31+/m1/s1. The first-order chi connectivity index (χ1) is 21.9. The van der Waals surface area contributed by atoms with Gasteiger partial charge in [0.15, 0.2) is 23.0 Å². The van der Waals surface area contributed by atoms with E-state index in [0.29, 0.717) is 51.7 Å². The summed E-state index contributed by atoms with van der Waals surface area (Å²) in [5.74, 6) is 0.223. The molecule has 5 aliphatic rings. The van der Waals surface area contributed by atoms with Crippen molar-refractivity contribution in [3.8, 4) is 28.7 Å². The molecule has 13 nitrogen and oxygen atoms in total. The molecule has 14 heteroatoms. The van der Waals surface area contributed by atoms with Gasteiger partial charge in [-0.15, -0.1) is 11.8 Å². The van der Waals surface area contributed by atoms with Gasteiger partial charge in [0, 0.05) is 47.9 Å². The smallest absolute Gasteiger partial charge is 0.329 e. The summed E-state index contributed by atoms with van der Waals surface area (Å²) in [6, 6.07) is -1.08. The molecule has 2 saturated heterocycles. The van der Waals surface area contributed by atoms with E-state index in [-0.39, 0.29) is 36.9 Å². The molecule has 3 N–H and O–H groups in total. The van der Waals surface area contributed by atoms with Gasteiger partial charge in [0.05, 0.1) is 30.5 Å². The number of hydrogen-bond acceptors (Lipinski definition) is 13. The molecule has 0 spiro atoms. The molecule has 0 aromatic heterocycles. The van der Waals surface area contributed by atoms with Crippen LogP contribution in [-0.4, -0.2) is 95.5 Å². The lowest BCUT2D eigenvalue weighted by Crippen LogP contribution is -2.69. The molecule has 0 aliphatic carbocycles. The zero-order valence-electron chi connectivity index (χ0n) is 26.4. The summed E-state index contributed by atoms with van der Waals surface area (Å²) in [7, 11) is 3.45. The van der Waals surface area contributed by atoms with Crippen LogP contribution in [-0.2, 0) is 25.5 Å².